The van der Waals surface area contributed by atoms with Crippen molar-refractivity contribution < 1.29 is 27.4 Å². The summed E-state index contributed by atoms with van der Waals surface area (Å²) in [5.74, 6) is -0.231. The van der Waals surface area contributed by atoms with Crippen LogP contribution in [-0.4, -0.2) is 44.3 Å². The molecule has 1 unspecified atom stereocenters. The molecule has 2 aromatic carbocycles. The number of nitrogens with one attached hydrogen (secondary N) is 1. The molecule has 180 valence electrons. The standard InChI is InChI=1S/C24H24F3N3O3S/c1-15(16-5-4-8-19(14-16)32-2)28-22(31)20-21(24(25,26)27)29-23(34-20)17-6-3-7-18(13-17)30-9-11-33-12-10-30/h3-8,13-15H,9-12H2,1-2H3,(H,28,31). The predicted molar refractivity (Wildman–Crippen MR) is 124 cm³/mol. The number of rotatable bonds is 6. The van der Waals surface area contributed by atoms with E-state index in [0.29, 0.717) is 43.2 Å². The van der Waals surface area contributed by atoms with Gasteiger partial charge in [0.15, 0.2) is 5.69 Å². The van der Waals surface area contributed by atoms with E-state index in [1.165, 1.54) is 7.11 Å². The molecule has 6 nitrogen and oxygen atoms in total. The number of methoxy groups -OCH3 is 1. The van der Waals surface area contributed by atoms with E-state index in [4.69, 9.17) is 9.47 Å². The minimum Gasteiger partial charge on any atom is -0.497 e. The lowest BCUT2D eigenvalue weighted by molar-refractivity contribution is -0.141. The summed E-state index contributed by atoms with van der Waals surface area (Å²) in [6, 6.07) is 13.6. The molecule has 1 atom stereocenters. The van der Waals surface area contributed by atoms with Crippen LogP contribution < -0.4 is 15.0 Å². The Morgan fingerprint density at radius 3 is 2.62 bits per heavy atom. The zero-order chi connectivity index (χ0) is 24.3. The first-order chi connectivity index (χ1) is 16.3. The quantitative estimate of drug-likeness (QED) is 0.516. The number of anilines is 1. The highest BCUT2D eigenvalue weighted by atomic mass is 32.1. The van der Waals surface area contributed by atoms with Crippen LogP contribution in [0.2, 0.25) is 0 Å². The molecule has 1 amide bonds. The Morgan fingerprint density at radius 2 is 1.91 bits per heavy atom. The van der Waals surface area contributed by atoms with Crippen molar-refractivity contribution in [3.05, 3.63) is 64.7 Å². The Hall–Kier alpha value is -3.11. The molecule has 0 saturated carbocycles. The van der Waals surface area contributed by atoms with Gasteiger partial charge in [-0.3, -0.25) is 4.79 Å². The minimum atomic E-state index is -4.76. The van der Waals surface area contributed by atoms with E-state index in [-0.39, 0.29) is 5.01 Å². The van der Waals surface area contributed by atoms with Crippen molar-refractivity contribution in [1.82, 2.24) is 10.3 Å². The molecule has 0 bridgehead atoms. The van der Waals surface area contributed by atoms with Crippen LogP contribution in [0.25, 0.3) is 10.6 Å². The van der Waals surface area contributed by atoms with E-state index in [1.54, 1.807) is 49.4 Å². The molecule has 1 saturated heterocycles. The van der Waals surface area contributed by atoms with E-state index >= 15 is 0 Å². The summed E-state index contributed by atoms with van der Waals surface area (Å²) in [5.41, 5.74) is 0.936. The maximum atomic E-state index is 13.8. The van der Waals surface area contributed by atoms with Crippen LogP contribution in [0.1, 0.15) is 33.9 Å². The SMILES string of the molecule is COc1cccc(C(C)NC(=O)c2sc(-c3cccc(N4CCOCC4)c3)nc2C(F)(F)F)c1. The lowest BCUT2D eigenvalue weighted by Gasteiger charge is -2.29. The van der Waals surface area contributed by atoms with E-state index < -0.39 is 28.7 Å². The van der Waals surface area contributed by atoms with Gasteiger partial charge < -0.3 is 19.7 Å². The summed E-state index contributed by atoms with van der Waals surface area (Å²) in [5, 5.41) is 2.80. The van der Waals surface area contributed by atoms with E-state index in [0.717, 1.165) is 17.0 Å². The van der Waals surface area contributed by atoms with Gasteiger partial charge in [0.2, 0.25) is 0 Å². The van der Waals surface area contributed by atoms with Crippen molar-refractivity contribution in [2.75, 3.05) is 38.3 Å². The third kappa shape index (κ3) is 5.34. The number of hydrogen-bond donors (Lipinski definition) is 1. The zero-order valence-corrected chi connectivity index (χ0v) is 19.5. The van der Waals surface area contributed by atoms with Gasteiger partial charge in [0.1, 0.15) is 15.6 Å². The molecule has 1 fully saturated rings. The van der Waals surface area contributed by atoms with Gasteiger partial charge in [-0.15, -0.1) is 11.3 Å². The maximum Gasteiger partial charge on any atom is 0.435 e. The van der Waals surface area contributed by atoms with Gasteiger partial charge in [0.05, 0.1) is 26.4 Å². The fourth-order valence-corrected chi connectivity index (χ4v) is 4.69. The molecule has 1 aliphatic rings. The summed E-state index contributed by atoms with van der Waals surface area (Å²) < 4.78 is 51.9. The fraction of sp³-hybridized carbons (Fsp3) is 0.333. The third-order valence-corrected chi connectivity index (χ3v) is 6.62. The first kappa shape index (κ1) is 24.0. The number of nitrogens with zero attached hydrogens (tertiary/aromatic N) is 2. The molecule has 1 aliphatic heterocycles. The number of hydrogen-bond acceptors (Lipinski definition) is 6. The van der Waals surface area contributed by atoms with Crippen molar-refractivity contribution in [3.63, 3.8) is 0 Å². The molecule has 2 heterocycles. The molecule has 1 aromatic heterocycles. The van der Waals surface area contributed by atoms with Crippen molar-refractivity contribution in [1.29, 1.82) is 0 Å². The first-order valence-corrected chi connectivity index (χ1v) is 11.5. The number of thiazole rings is 1. The number of ether oxygens (including phenoxy) is 2. The number of alkyl halides is 3. The number of amides is 1. The lowest BCUT2D eigenvalue weighted by Crippen LogP contribution is -2.36. The molecule has 1 N–H and O–H groups in total. The lowest BCUT2D eigenvalue weighted by atomic mass is 10.1. The van der Waals surface area contributed by atoms with E-state index in [9.17, 15) is 18.0 Å². The average molecular weight is 492 g/mol. The van der Waals surface area contributed by atoms with Crippen molar-refractivity contribution in [2.45, 2.75) is 19.1 Å². The number of carbonyl (C=O) groups excluding carboxylic acids is 1. The van der Waals surface area contributed by atoms with Crippen LogP contribution in [0, 0.1) is 0 Å². The van der Waals surface area contributed by atoms with E-state index in [2.05, 4.69) is 15.2 Å². The Morgan fingerprint density at radius 1 is 1.18 bits per heavy atom. The van der Waals surface area contributed by atoms with Crippen LogP contribution >= 0.6 is 11.3 Å². The molecule has 3 aromatic rings. The molecule has 0 spiro atoms. The van der Waals surface area contributed by atoms with Crippen LogP contribution in [0.5, 0.6) is 5.75 Å². The highest BCUT2D eigenvalue weighted by molar-refractivity contribution is 7.17. The molecule has 34 heavy (non-hydrogen) atoms. The van der Waals surface area contributed by atoms with Gasteiger partial charge >= 0.3 is 6.18 Å². The van der Waals surface area contributed by atoms with Gasteiger partial charge in [0.25, 0.3) is 5.91 Å². The van der Waals surface area contributed by atoms with Gasteiger partial charge in [0, 0.05) is 24.3 Å². The van der Waals surface area contributed by atoms with E-state index in [1.807, 2.05) is 6.07 Å². The van der Waals surface area contributed by atoms with Crippen molar-refractivity contribution >= 4 is 22.9 Å². The molecule has 0 radical (unpaired) electrons. The number of carbonyl (C=O) groups is 1. The first-order valence-electron chi connectivity index (χ1n) is 10.7. The summed E-state index contributed by atoms with van der Waals surface area (Å²) in [7, 11) is 1.52. The molecule has 0 aliphatic carbocycles. The number of benzene rings is 2. The summed E-state index contributed by atoms with van der Waals surface area (Å²) in [6.07, 6.45) is -4.76. The Labute approximate surface area is 199 Å². The second-order valence-electron chi connectivity index (χ2n) is 7.82. The van der Waals surface area contributed by atoms with Gasteiger partial charge in [-0.1, -0.05) is 24.3 Å². The largest absolute Gasteiger partial charge is 0.497 e. The number of halogens is 3. The topological polar surface area (TPSA) is 63.7 Å². The second-order valence-corrected chi connectivity index (χ2v) is 8.82. The summed E-state index contributed by atoms with van der Waals surface area (Å²) in [6.45, 7) is 4.29. The average Bonchev–Trinajstić information content (AvgIpc) is 3.31. The van der Waals surface area contributed by atoms with Gasteiger partial charge in [-0.05, 0) is 36.8 Å². The second kappa shape index (κ2) is 10.0. The molecule has 4 rings (SSSR count). The van der Waals surface area contributed by atoms with Crippen molar-refractivity contribution in [2.24, 2.45) is 0 Å². The summed E-state index contributed by atoms with van der Waals surface area (Å²) in [4.78, 5) is 18.4. The highest BCUT2D eigenvalue weighted by Gasteiger charge is 2.40. The van der Waals surface area contributed by atoms with Crippen LogP contribution in [-0.2, 0) is 10.9 Å². The predicted octanol–water partition coefficient (Wildman–Crippen LogP) is 5.17. The maximum absolute atomic E-state index is 13.8. The third-order valence-electron chi connectivity index (χ3n) is 5.51. The molecule has 10 heteroatoms. The van der Waals surface area contributed by atoms with Crippen molar-refractivity contribution in [3.8, 4) is 16.3 Å². The normalized spacial score (nSPS) is 15.1. The molecular weight excluding hydrogens is 467 g/mol. The van der Waals surface area contributed by atoms with Crippen LogP contribution in [0.4, 0.5) is 18.9 Å². The van der Waals surface area contributed by atoms with Crippen LogP contribution in [0.15, 0.2) is 48.5 Å². The minimum absolute atomic E-state index is 0.140. The summed E-state index contributed by atoms with van der Waals surface area (Å²) >= 11 is 0.737. The number of aromatic nitrogens is 1. The zero-order valence-electron chi connectivity index (χ0n) is 18.7. The monoisotopic (exact) mass is 491 g/mol. The van der Waals surface area contributed by atoms with Gasteiger partial charge in [-0.2, -0.15) is 13.2 Å². The number of morpholine rings is 1. The van der Waals surface area contributed by atoms with Gasteiger partial charge in [-0.25, -0.2) is 4.98 Å². The molecular formula is C24H24F3N3O3S. The van der Waals surface area contributed by atoms with Crippen LogP contribution in [0.3, 0.4) is 0 Å². The highest BCUT2D eigenvalue weighted by Crippen LogP contribution is 2.38. The Bertz CT molecular complexity index is 1160. The Kier molecular flexibility index (Phi) is 7.08. The smallest absolute Gasteiger partial charge is 0.435 e. The Balaban J connectivity index is 1.62. The fourth-order valence-electron chi connectivity index (χ4n) is 3.70.